The van der Waals surface area contributed by atoms with Crippen LogP contribution in [0.25, 0.3) is 0 Å². The van der Waals surface area contributed by atoms with Crippen LogP contribution in [0, 0.1) is 0 Å². The van der Waals surface area contributed by atoms with Crippen LogP contribution >= 0.6 is 0 Å². The van der Waals surface area contributed by atoms with Crippen molar-refractivity contribution in [3.05, 3.63) is 29.1 Å². The first-order chi connectivity index (χ1) is 6.56. The van der Waals surface area contributed by atoms with Gasteiger partial charge in [-0.05, 0) is 6.07 Å². The van der Waals surface area contributed by atoms with Crippen molar-refractivity contribution in [2.24, 2.45) is 11.5 Å². The highest BCUT2D eigenvalue weighted by Crippen LogP contribution is 2.08. The number of primary amides is 2. The van der Waals surface area contributed by atoms with Gasteiger partial charge in [0.2, 0.25) is 5.91 Å². The zero-order valence-electron chi connectivity index (χ0n) is 7.23. The Morgan fingerprint density at radius 3 is 2.43 bits per heavy atom. The van der Waals surface area contributed by atoms with Crippen molar-refractivity contribution in [1.82, 2.24) is 4.98 Å². The second-order valence-corrected chi connectivity index (χ2v) is 2.62. The first-order valence-electron chi connectivity index (χ1n) is 3.75. The monoisotopic (exact) mass is 195 g/mol. The molecular weight excluding hydrogens is 186 g/mol. The van der Waals surface area contributed by atoms with E-state index in [9.17, 15) is 9.59 Å². The standard InChI is InChI=1S/C8H9N3O3/c9-7(13)4-1-5(3-12)6(8(10)14)11-2-4/h1-2,12H,3H2,(H2,9,13)(H2,10,14). The molecule has 2 amide bonds. The molecule has 0 atom stereocenters. The van der Waals surface area contributed by atoms with E-state index in [2.05, 4.69) is 4.98 Å². The number of aliphatic hydroxyl groups is 1. The molecular formula is C8H9N3O3. The molecule has 0 radical (unpaired) electrons. The molecule has 1 heterocycles. The summed E-state index contributed by atoms with van der Waals surface area (Å²) in [6.45, 7) is -0.424. The lowest BCUT2D eigenvalue weighted by Gasteiger charge is -2.03. The average molecular weight is 195 g/mol. The van der Waals surface area contributed by atoms with Gasteiger partial charge >= 0.3 is 0 Å². The van der Waals surface area contributed by atoms with Crippen LogP contribution in [-0.2, 0) is 6.61 Å². The zero-order chi connectivity index (χ0) is 10.7. The molecule has 1 aromatic rings. The summed E-state index contributed by atoms with van der Waals surface area (Å²) in [6.07, 6.45) is 1.14. The Labute approximate surface area is 79.5 Å². The van der Waals surface area contributed by atoms with Gasteiger partial charge in [0.05, 0.1) is 12.2 Å². The molecule has 0 aliphatic carbocycles. The summed E-state index contributed by atoms with van der Waals surface area (Å²) in [7, 11) is 0. The molecule has 1 rings (SSSR count). The molecule has 0 aliphatic rings. The molecule has 6 nitrogen and oxygen atoms in total. The molecule has 0 bridgehead atoms. The Morgan fingerprint density at radius 1 is 1.36 bits per heavy atom. The van der Waals surface area contributed by atoms with Gasteiger partial charge in [-0.15, -0.1) is 0 Å². The number of aliphatic hydroxyl groups excluding tert-OH is 1. The molecule has 0 spiro atoms. The van der Waals surface area contributed by atoms with E-state index >= 15 is 0 Å². The minimum Gasteiger partial charge on any atom is -0.392 e. The zero-order valence-corrected chi connectivity index (χ0v) is 7.23. The van der Waals surface area contributed by atoms with Crippen molar-refractivity contribution in [2.45, 2.75) is 6.61 Å². The third-order valence-corrected chi connectivity index (χ3v) is 1.65. The molecule has 0 unspecified atom stereocenters. The number of rotatable bonds is 3. The van der Waals surface area contributed by atoms with E-state index in [1.54, 1.807) is 0 Å². The number of nitrogens with two attached hydrogens (primary N) is 2. The van der Waals surface area contributed by atoms with Crippen LogP contribution in [0.2, 0.25) is 0 Å². The Hall–Kier alpha value is -1.95. The molecule has 0 fully saturated rings. The fourth-order valence-corrected chi connectivity index (χ4v) is 0.987. The summed E-state index contributed by atoms with van der Waals surface area (Å²) in [6, 6.07) is 1.29. The molecule has 6 heteroatoms. The fourth-order valence-electron chi connectivity index (χ4n) is 0.987. The number of pyridine rings is 1. The summed E-state index contributed by atoms with van der Waals surface area (Å²) in [4.78, 5) is 25.2. The minimum absolute atomic E-state index is 0.0579. The maximum Gasteiger partial charge on any atom is 0.267 e. The van der Waals surface area contributed by atoms with Gasteiger partial charge in [0.15, 0.2) is 0 Å². The third-order valence-electron chi connectivity index (χ3n) is 1.65. The topological polar surface area (TPSA) is 119 Å². The van der Waals surface area contributed by atoms with E-state index < -0.39 is 18.4 Å². The van der Waals surface area contributed by atoms with E-state index in [-0.39, 0.29) is 16.8 Å². The van der Waals surface area contributed by atoms with Crippen LogP contribution in [0.5, 0.6) is 0 Å². The largest absolute Gasteiger partial charge is 0.392 e. The van der Waals surface area contributed by atoms with Crippen LogP contribution < -0.4 is 11.5 Å². The third kappa shape index (κ3) is 1.86. The van der Waals surface area contributed by atoms with Gasteiger partial charge in [0.1, 0.15) is 5.69 Å². The summed E-state index contributed by atoms with van der Waals surface area (Å²) >= 11 is 0. The average Bonchev–Trinajstić information content (AvgIpc) is 2.16. The number of amides is 2. The fraction of sp³-hybridized carbons (Fsp3) is 0.125. The molecule has 0 aromatic carbocycles. The van der Waals surface area contributed by atoms with E-state index in [1.807, 2.05) is 0 Å². The molecule has 14 heavy (non-hydrogen) atoms. The number of hydrogen-bond acceptors (Lipinski definition) is 4. The van der Waals surface area contributed by atoms with E-state index in [1.165, 1.54) is 6.07 Å². The first-order valence-corrected chi connectivity index (χ1v) is 3.75. The van der Waals surface area contributed by atoms with Gasteiger partial charge < -0.3 is 16.6 Å². The Morgan fingerprint density at radius 2 is 2.00 bits per heavy atom. The van der Waals surface area contributed by atoms with Gasteiger partial charge in [-0.1, -0.05) is 0 Å². The Bertz CT molecular complexity index is 389. The summed E-state index contributed by atoms with van der Waals surface area (Å²) in [5.41, 5.74) is 10.2. The lowest BCUT2D eigenvalue weighted by molar-refractivity contribution is 0.0981. The van der Waals surface area contributed by atoms with Gasteiger partial charge in [-0.3, -0.25) is 9.59 Å². The number of carbonyl (C=O) groups excluding carboxylic acids is 2. The van der Waals surface area contributed by atoms with Gasteiger partial charge in [-0.2, -0.15) is 0 Å². The van der Waals surface area contributed by atoms with Crippen molar-refractivity contribution >= 4 is 11.8 Å². The highest BCUT2D eigenvalue weighted by molar-refractivity contribution is 5.96. The predicted molar refractivity (Wildman–Crippen MR) is 47.2 cm³/mol. The summed E-state index contributed by atoms with van der Waals surface area (Å²) in [5, 5.41) is 8.87. The highest BCUT2D eigenvalue weighted by Gasteiger charge is 2.11. The number of nitrogens with zero attached hydrogens (tertiary/aromatic N) is 1. The molecule has 74 valence electrons. The quantitative estimate of drug-likeness (QED) is 0.559. The predicted octanol–water partition coefficient (Wildman–Crippen LogP) is -1.23. The smallest absolute Gasteiger partial charge is 0.267 e. The molecule has 0 aliphatic heterocycles. The lowest BCUT2D eigenvalue weighted by atomic mass is 10.1. The van der Waals surface area contributed by atoms with E-state index in [0.29, 0.717) is 0 Å². The first kappa shape index (κ1) is 10.1. The van der Waals surface area contributed by atoms with Crippen LogP contribution in [0.3, 0.4) is 0 Å². The van der Waals surface area contributed by atoms with Gasteiger partial charge in [0, 0.05) is 11.8 Å². The van der Waals surface area contributed by atoms with Crippen molar-refractivity contribution in [2.75, 3.05) is 0 Å². The van der Waals surface area contributed by atoms with Crippen LogP contribution in [0.4, 0.5) is 0 Å². The second-order valence-electron chi connectivity index (χ2n) is 2.62. The minimum atomic E-state index is -0.759. The van der Waals surface area contributed by atoms with E-state index in [4.69, 9.17) is 16.6 Å². The normalized spacial score (nSPS) is 9.79. The van der Waals surface area contributed by atoms with Crippen LogP contribution in [0.1, 0.15) is 26.4 Å². The summed E-state index contributed by atoms with van der Waals surface area (Å²) < 4.78 is 0. The highest BCUT2D eigenvalue weighted by atomic mass is 16.3. The van der Waals surface area contributed by atoms with Gasteiger partial charge in [0.25, 0.3) is 5.91 Å². The number of aromatic nitrogens is 1. The van der Waals surface area contributed by atoms with E-state index in [0.717, 1.165) is 6.20 Å². The number of hydrogen-bond donors (Lipinski definition) is 3. The van der Waals surface area contributed by atoms with Crippen LogP contribution in [-0.4, -0.2) is 21.9 Å². The number of carbonyl (C=O) groups is 2. The maximum absolute atomic E-state index is 10.8. The van der Waals surface area contributed by atoms with Crippen molar-refractivity contribution in [3.8, 4) is 0 Å². The molecule has 0 saturated carbocycles. The Balaban J connectivity index is 3.25. The summed E-state index contributed by atoms with van der Waals surface area (Å²) in [5.74, 6) is -1.44. The second kappa shape index (κ2) is 3.84. The molecule has 5 N–H and O–H groups in total. The SMILES string of the molecule is NC(=O)c1cnc(C(N)=O)c(CO)c1. The van der Waals surface area contributed by atoms with Crippen LogP contribution in [0.15, 0.2) is 12.3 Å². The van der Waals surface area contributed by atoms with Crippen molar-refractivity contribution in [1.29, 1.82) is 0 Å². The van der Waals surface area contributed by atoms with Gasteiger partial charge in [-0.25, -0.2) is 4.98 Å². The molecule has 1 aromatic heterocycles. The lowest BCUT2D eigenvalue weighted by Crippen LogP contribution is -2.18. The maximum atomic E-state index is 10.8. The Kier molecular flexibility index (Phi) is 2.78. The van der Waals surface area contributed by atoms with Crippen molar-refractivity contribution < 1.29 is 14.7 Å². The van der Waals surface area contributed by atoms with Crippen molar-refractivity contribution in [3.63, 3.8) is 0 Å². The molecule has 0 saturated heterocycles.